The molecule has 2 aliphatic rings. The number of nitrogens with one attached hydrogen (secondary N) is 1. The lowest BCUT2D eigenvalue weighted by molar-refractivity contribution is -0.684. The highest BCUT2D eigenvalue weighted by Crippen LogP contribution is 2.24. The second-order valence-corrected chi connectivity index (χ2v) is 16.9. The van der Waals surface area contributed by atoms with E-state index in [2.05, 4.69) is 5.32 Å². The van der Waals surface area contributed by atoms with E-state index in [1.54, 1.807) is 21.6 Å². The molecular formula is C43H51N5O6S2+2. The first kappa shape index (κ1) is 41.1. The van der Waals surface area contributed by atoms with Crippen molar-refractivity contribution in [2.75, 3.05) is 54.0 Å². The van der Waals surface area contributed by atoms with Crippen LogP contribution in [0.5, 0.6) is 0 Å². The van der Waals surface area contributed by atoms with E-state index in [1.807, 2.05) is 141 Å². The van der Waals surface area contributed by atoms with Crippen LogP contribution in [0.15, 0.2) is 97.6 Å². The Morgan fingerprint density at radius 3 is 1.43 bits per heavy atom. The Morgan fingerprint density at radius 2 is 0.982 bits per heavy atom. The summed E-state index contributed by atoms with van der Waals surface area (Å²) in [6.45, 7) is 2.91. The highest BCUT2D eigenvalue weighted by molar-refractivity contribution is 8.76. The number of hydrogen-bond donors (Lipinski definition) is 5. The minimum atomic E-state index is -0.710. The fourth-order valence-electron chi connectivity index (χ4n) is 6.49. The van der Waals surface area contributed by atoms with Crippen LogP contribution in [0.3, 0.4) is 0 Å². The number of aliphatic hydroxyl groups excluding tert-OH is 4. The van der Waals surface area contributed by atoms with Crippen molar-refractivity contribution >= 4 is 69.0 Å². The van der Waals surface area contributed by atoms with Gasteiger partial charge in [-0.05, 0) is 52.9 Å². The van der Waals surface area contributed by atoms with Crippen LogP contribution < -0.4 is 24.3 Å². The number of carbonyl (C=O) groups excluding carboxylic acids is 2. The molecule has 1 amide bonds. The number of rotatable bonds is 18. The quantitative estimate of drug-likeness (QED) is 0.0580. The monoisotopic (exact) mass is 797 g/mol. The normalized spacial score (nSPS) is 19.7. The third-order valence-electron chi connectivity index (χ3n) is 9.76. The average Bonchev–Trinajstić information content (AvgIpc) is 3.73. The summed E-state index contributed by atoms with van der Waals surface area (Å²) in [5.74, 6) is 1.82. The second-order valence-electron chi connectivity index (χ2n) is 14.2. The molecule has 6 rings (SSSR count). The largest absolute Gasteiger partial charge is 0.389 e. The zero-order chi connectivity index (χ0) is 39.3. The summed E-state index contributed by atoms with van der Waals surface area (Å²) in [7, 11) is 3.43. The molecule has 0 aliphatic carbocycles. The van der Waals surface area contributed by atoms with Crippen LogP contribution in [0.4, 0.5) is 11.4 Å². The molecule has 2 aliphatic heterocycles. The van der Waals surface area contributed by atoms with Gasteiger partial charge >= 0.3 is 0 Å². The number of β-amino-alcohol motifs (C(OH)–C–C–N with tert-alkyl or cyclic N) is 4. The van der Waals surface area contributed by atoms with Crippen LogP contribution in [-0.2, 0) is 22.7 Å². The standard InChI is InChI=1S/C43H50N5O6S2/c49-38(26-45-20-15-34(16-21-45)5-3-32-7-11-36(12-8-32)47-27-39(50)40(51)28-47)2-1-24-55-56-25-19-44-43(54)31-46-22-17-35(18-23-46)6-4-33-9-13-37(14-10-33)48-29-41(52)42(53)30-48/h3-18,20-23,39-42,50-53H,1-2,19,24-31H2/q+1/p+1. The van der Waals surface area contributed by atoms with Gasteiger partial charge in [-0.3, -0.25) is 9.59 Å². The number of aliphatic hydroxyl groups is 4. The predicted octanol–water partition coefficient (Wildman–Crippen LogP) is 3.23. The van der Waals surface area contributed by atoms with Crippen molar-refractivity contribution < 1.29 is 39.1 Å². The van der Waals surface area contributed by atoms with Gasteiger partial charge in [-0.2, -0.15) is 9.13 Å². The Morgan fingerprint density at radius 1 is 0.589 bits per heavy atom. The maximum absolute atomic E-state index is 12.6. The van der Waals surface area contributed by atoms with Gasteiger partial charge in [0.25, 0.3) is 5.91 Å². The van der Waals surface area contributed by atoms with Gasteiger partial charge in [0, 0.05) is 86.3 Å². The van der Waals surface area contributed by atoms with Crippen LogP contribution in [0.25, 0.3) is 24.3 Å². The molecule has 4 unspecified atom stereocenters. The Balaban J connectivity index is 0.791. The van der Waals surface area contributed by atoms with Crippen LogP contribution in [0.2, 0.25) is 0 Å². The Kier molecular flexibility index (Phi) is 15.1. The molecule has 4 aromatic rings. The van der Waals surface area contributed by atoms with E-state index < -0.39 is 24.4 Å². The number of pyridine rings is 2. The molecule has 0 spiro atoms. The summed E-state index contributed by atoms with van der Waals surface area (Å²) in [5, 5.41) is 42.2. The number of hydrogen-bond acceptors (Lipinski definition) is 10. The predicted molar refractivity (Wildman–Crippen MR) is 225 cm³/mol. The molecular weight excluding hydrogens is 747 g/mol. The van der Waals surface area contributed by atoms with Gasteiger partial charge in [0.15, 0.2) is 30.6 Å². The molecule has 0 radical (unpaired) electrons. The summed E-state index contributed by atoms with van der Waals surface area (Å²) in [4.78, 5) is 29.0. The van der Waals surface area contributed by atoms with Gasteiger partial charge in [-0.15, -0.1) is 0 Å². The first-order valence-corrected chi connectivity index (χ1v) is 21.5. The van der Waals surface area contributed by atoms with Crippen molar-refractivity contribution in [3.63, 3.8) is 0 Å². The number of Topliss-reactive ketones (excluding diaryl/α,β-unsaturated/α-hetero) is 1. The molecule has 0 bridgehead atoms. The smallest absolute Gasteiger partial charge is 0.286 e. The van der Waals surface area contributed by atoms with E-state index in [-0.39, 0.29) is 18.2 Å². The third kappa shape index (κ3) is 12.5. The molecule has 2 fully saturated rings. The molecule has 2 aromatic carbocycles. The van der Waals surface area contributed by atoms with E-state index in [0.717, 1.165) is 51.6 Å². The molecule has 294 valence electrons. The number of amides is 1. The SMILES string of the molecule is O=C(CCCSSCCNC(=O)C[n+]1ccc(/C=C/c2ccc(N3CC(O)C(O)C3)cc2)cc1)C[n+]1ccc(/C=C/c2ccc(N3CC(O)C(O)C3)cc2)cc1. The lowest BCUT2D eigenvalue weighted by Gasteiger charge is -2.17. The summed E-state index contributed by atoms with van der Waals surface area (Å²) in [6.07, 6.45) is 14.3. The summed E-state index contributed by atoms with van der Waals surface area (Å²) >= 11 is 0. The lowest BCUT2D eigenvalue weighted by Crippen LogP contribution is -2.42. The lowest BCUT2D eigenvalue weighted by atomic mass is 10.1. The molecule has 11 nitrogen and oxygen atoms in total. The maximum atomic E-state index is 12.6. The Labute approximate surface area is 336 Å². The highest BCUT2D eigenvalue weighted by atomic mass is 33.1. The Hall–Kier alpha value is -4.50. The molecule has 13 heteroatoms. The molecule has 5 N–H and O–H groups in total. The topological polar surface area (TPSA) is 141 Å². The van der Waals surface area contributed by atoms with Crippen molar-refractivity contribution in [1.82, 2.24) is 5.32 Å². The average molecular weight is 798 g/mol. The van der Waals surface area contributed by atoms with E-state index in [1.165, 1.54) is 0 Å². The van der Waals surface area contributed by atoms with Gasteiger partial charge in [-0.1, -0.05) is 70.2 Å². The van der Waals surface area contributed by atoms with Gasteiger partial charge in [0.2, 0.25) is 13.1 Å². The van der Waals surface area contributed by atoms with Crippen molar-refractivity contribution in [1.29, 1.82) is 0 Å². The number of ketones is 1. The third-order valence-corrected chi connectivity index (χ3v) is 12.3. The molecule has 2 saturated heterocycles. The molecule has 4 atom stereocenters. The zero-order valence-electron chi connectivity index (χ0n) is 31.3. The second kappa shape index (κ2) is 20.6. The molecule has 56 heavy (non-hydrogen) atoms. The van der Waals surface area contributed by atoms with Gasteiger partial charge < -0.3 is 35.5 Å². The van der Waals surface area contributed by atoms with E-state index in [0.29, 0.717) is 45.7 Å². The number of benzene rings is 2. The van der Waals surface area contributed by atoms with E-state index in [9.17, 15) is 30.0 Å². The molecule has 4 heterocycles. The van der Waals surface area contributed by atoms with Gasteiger partial charge in [0.1, 0.15) is 0 Å². The van der Waals surface area contributed by atoms with Crippen molar-refractivity contribution in [3.05, 3.63) is 120 Å². The van der Waals surface area contributed by atoms with Crippen LogP contribution >= 0.6 is 21.6 Å². The fraction of sp³-hybridized carbons (Fsp3) is 0.349. The minimum absolute atomic E-state index is 0.0394. The highest BCUT2D eigenvalue weighted by Gasteiger charge is 2.30. The van der Waals surface area contributed by atoms with Crippen molar-refractivity contribution in [2.24, 2.45) is 0 Å². The van der Waals surface area contributed by atoms with Crippen molar-refractivity contribution in [2.45, 2.75) is 50.3 Å². The number of aromatic nitrogens is 2. The summed E-state index contributed by atoms with van der Waals surface area (Å²) in [5.41, 5.74) is 6.10. The zero-order valence-corrected chi connectivity index (χ0v) is 33.0. The number of anilines is 2. The first-order chi connectivity index (χ1) is 27.2. The fourth-order valence-corrected chi connectivity index (χ4v) is 8.49. The summed E-state index contributed by atoms with van der Waals surface area (Å²) < 4.78 is 3.75. The Bertz CT molecular complexity index is 1770. The van der Waals surface area contributed by atoms with Gasteiger partial charge in [0.05, 0.1) is 24.4 Å². The maximum Gasteiger partial charge on any atom is 0.286 e. The molecule has 2 aromatic heterocycles. The van der Waals surface area contributed by atoms with E-state index >= 15 is 0 Å². The van der Waals surface area contributed by atoms with Crippen LogP contribution in [-0.4, -0.2) is 101 Å². The summed E-state index contributed by atoms with van der Waals surface area (Å²) in [6, 6.07) is 23.9. The van der Waals surface area contributed by atoms with Crippen LogP contribution in [0, 0.1) is 0 Å². The van der Waals surface area contributed by atoms with Crippen LogP contribution in [0.1, 0.15) is 35.1 Å². The minimum Gasteiger partial charge on any atom is -0.389 e. The van der Waals surface area contributed by atoms with E-state index in [4.69, 9.17) is 0 Å². The first-order valence-electron chi connectivity index (χ1n) is 19.0. The number of carbonyl (C=O) groups is 2. The number of nitrogens with zero attached hydrogens (tertiary/aromatic N) is 4. The van der Waals surface area contributed by atoms with Gasteiger partial charge in [-0.25, -0.2) is 0 Å². The molecule has 0 saturated carbocycles. The van der Waals surface area contributed by atoms with Crippen molar-refractivity contribution in [3.8, 4) is 0 Å².